The Bertz CT molecular complexity index is 267. The number of quaternary nitrogens is 1. The first-order valence-corrected chi connectivity index (χ1v) is 3.77. The van der Waals surface area contributed by atoms with Gasteiger partial charge in [-0.05, 0) is 17.7 Å². The highest BCUT2D eigenvalue weighted by molar-refractivity contribution is 6.27. The van der Waals surface area contributed by atoms with Crippen molar-refractivity contribution < 1.29 is 5.43 Å². The largest absolute Gasteiger partial charge is 0.332 e. The maximum atomic E-state index is 5.80. The number of hydrogen-bond acceptors (Lipinski definition) is 2. The van der Waals surface area contributed by atoms with Gasteiger partial charge in [-0.25, -0.2) is 0 Å². The molecule has 0 aromatic carbocycles. The maximum absolute atomic E-state index is 5.80. The Morgan fingerprint density at radius 3 is 3.00 bits per heavy atom. The first-order chi connectivity index (χ1) is 5.27. The third kappa shape index (κ3) is 1.02. The van der Waals surface area contributed by atoms with Crippen LogP contribution in [0.4, 0.5) is 0 Å². The molecule has 0 unspecified atom stereocenters. The van der Waals surface area contributed by atoms with Crippen LogP contribution in [0.1, 0.15) is 0 Å². The Balaban J connectivity index is 2.31. The zero-order valence-corrected chi connectivity index (χ0v) is 6.92. The van der Waals surface area contributed by atoms with Gasteiger partial charge in [-0.15, -0.1) is 0 Å². The van der Waals surface area contributed by atoms with Crippen molar-refractivity contribution in [3.8, 4) is 0 Å². The molecule has 2 aliphatic heterocycles. The standard InChI is InChI=1S/C7H8ClN3/c1-10-4-5-11-7(10)3-2-6(8)9-11/h2-5,9H,1H3/p+1. The quantitative estimate of drug-likeness (QED) is 0.412. The van der Waals surface area contributed by atoms with Gasteiger partial charge in [-0.1, -0.05) is 0 Å². The molecule has 0 aromatic heterocycles. The van der Waals surface area contributed by atoms with Crippen molar-refractivity contribution in [2.24, 2.45) is 0 Å². The molecule has 0 aromatic rings. The van der Waals surface area contributed by atoms with Crippen LogP contribution in [0, 0.1) is 0 Å². The number of halogens is 1. The molecular formula is C7H9ClN3+. The molecule has 4 heteroatoms. The van der Waals surface area contributed by atoms with Crippen LogP contribution in [0.2, 0.25) is 0 Å². The molecule has 58 valence electrons. The molecule has 0 bridgehead atoms. The van der Waals surface area contributed by atoms with Crippen LogP contribution < -0.4 is 5.43 Å². The van der Waals surface area contributed by atoms with Gasteiger partial charge in [0, 0.05) is 19.3 Å². The normalized spacial score (nSPS) is 21.6. The molecule has 0 saturated heterocycles. The lowest BCUT2D eigenvalue weighted by Gasteiger charge is -2.20. The molecule has 2 N–H and O–H groups in total. The molecule has 0 amide bonds. The minimum atomic E-state index is 0.758. The van der Waals surface area contributed by atoms with E-state index in [0.29, 0.717) is 0 Å². The summed E-state index contributed by atoms with van der Waals surface area (Å²) < 4.78 is 0. The van der Waals surface area contributed by atoms with E-state index in [9.17, 15) is 0 Å². The van der Waals surface area contributed by atoms with Crippen molar-refractivity contribution in [1.82, 2.24) is 9.91 Å². The predicted molar refractivity (Wildman–Crippen MR) is 42.7 cm³/mol. The van der Waals surface area contributed by atoms with E-state index in [1.165, 1.54) is 0 Å². The predicted octanol–water partition coefficient (Wildman–Crippen LogP) is 0.119. The summed E-state index contributed by atoms with van der Waals surface area (Å²) >= 11 is 5.80. The fourth-order valence-corrected chi connectivity index (χ4v) is 1.32. The number of fused-ring (bicyclic) bond motifs is 1. The summed E-state index contributed by atoms with van der Waals surface area (Å²) in [6.45, 7) is 0. The highest BCUT2D eigenvalue weighted by atomic mass is 35.5. The monoisotopic (exact) mass is 170 g/mol. The van der Waals surface area contributed by atoms with Crippen molar-refractivity contribution in [1.29, 1.82) is 0 Å². The Morgan fingerprint density at radius 1 is 1.36 bits per heavy atom. The Hall–Kier alpha value is -0.930. The molecule has 0 fully saturated rings. The molecule has 0 atom stereocenters. The first-order valence-electron chi connectivity index (χ1n) is 3.39. The number of nitrogens with two attached hydrogens (primary N) is 1. The van der Waals surface area contributed by atoms with Crippen molar-refractivity contribution in [2.75, 3.05) is 7.05 Å². The second-order valence-corrected chi connectivity index (χ2v) is 2.96. The summed E-state index contributed by atoms with van der Waals surface area (Å²) in [5.41, 5.74) is 1.89. The van der Waals surface area contributed by atoms with E-state index in [2.05, 4.69) is 0 Å². The van der Waals surface area contributed by atoms with Crippen LogP contribution in [0.25, 0.3) is 0 Å². The van der Waals surface area contributed by atoms with Crippen molar-refractivity contribution in [2.45, 2.75) is 0 Å². The lowest BCUT2D eigenvalue weighted by Crippen LogP contribution is -2.89. The summed E-state index contributed by atoms with van der Waals surface area (Å²) in [5, 5.41) is 2.75. The number of allylic oxidation sites excluding steroid dienone is 2. The van der Waals surface area contributed by atoms with Crippen LogP contribution in [-0.4, -0.2) is 17.0 Å². The molecule has 11 heavy (non-hydrogen) atoms. The van der Waals surface area contributed by atoms with Gasteiger partial charge in [0.1, 0.15) is 0 Å². The smallest absolute Gasteiger partial charge is 0.223 e. The molecule has 2 aliphatic rings. The van der Waals surface area contributed by atoms with E-state index in [1.807, 2.05) is 46.9 Å². The summed E-state index contributed by atoms with van der Waals surface area (Å²) in [6, 6.07) is 0. The van der Waals surface area contributed by atoms with Gasteiger partial charge in [0.05, 0.1) is 6.20 Å². The van der Waals surface area contributed by atoms with E-state index in [1.54, 1.807) is 0 Å². The molecule has 0 saturated carbocycles. The number of hydrogen-bond donors (Lipinski definition) is 1. The van der Waals surface area contributed by atoms with Crippen LogP contribution in [0.15, 0.2) is 35.5 Å². The van der Waals surface area contributed by atoms with Gasteiger partial charge in [-0.2, -0.15) is 10.4 Å². The van der Waals surface area contributed by atoms with E-state index >= 15 is 0 Å². The van der Waals surface area contributed by atoms with Gasteiger partial charge >= 0.3 is 0 Å². The zero-order chi connectivity index (χ0) is 7.84. The van der Waals surface area contributed by atoms with Gasteiger partial charge in [0.25, 0.3) is 0 Å². The van der Waals surface area contributed by atoms with Crippen LogP contribution in [-0.2, 0) is 0 Å². The lowest BCUT2D eigenvalue weighted by atomic mass is 10.4. The van der Waals surface area contributed by atoms with E-state index in [0.717, 1.165) is 11.0 Å². The van der Waals surface area contributed by atoms with Crippen molar-refractivity contribution >= 4 is 11.6 Å². The molecule has 0 radical (unpaired) electrons. The van der Waals surface area contributed by atoms with Gasteiger partial charge in [-0.3, -0.25) is 0 Å². The lowest BCUT2D eigenvalue weighted by molar-refractivity contribution is -0.736. The van der Waals surface area contributed by atoms with Gasteiger partial charge in [0.15, 0.2) is 5.82 Å². The fraction of sp³-hybridized carbons (Fsp3) is 0.143. The Morgan fingerprint density at radius 2 is 2.18 bits per heavy atom. The van der Waals surface area contributed by atoms with Gasteiger partial charge in [0.2, 0.25) is 5.16 Å². The average Bonchev–Trinajstić information content (AvgIpc) is 2.32. The minimum Gasteiger partial charge on any atom is -0.332 e. The Labute approximate surface area is 70.2 Å². The topological polar surface area (TPSA) is 23.1 Å². The van der Waals surface area contributed by atoms with E-state index < -0.39 is 0 Å². The molecule has 0 aliphatic carbocycles. The van der Waals surface area contributed by atoms with Crippen LogP contribution >= 0.6 is 11.6 Å². The van der Waals surface area contributed by atoms with Crippen molar-refractivity contribution in [3.63, 3.8) is 0 Å². The van der Waals surface area contributed by atoms with E-state index in [4.69, 9.17) is 11.6 Å². The highest BCUT2D eigenvalue weighted by Crippen LogP contribution is 2.15. The molecule has 3 nitrogen and oxygen atoms in total. The second kappa shape index (κ2) is 2.29. The maximum Gasteiger partial charge on any atom is 0.223 e. The third-order valence-corrected chi connectivity index (χ3v) is 1.95. The zero-order valence-electron chi connectivity index (χ0n) is 6.16. The third-order valence-electron chi connectivity index (χ3n) is 1.73. The molecular weight excluding hydrogens is 162 g/mol. The molecule has 0 spiro atoms. The minimum absolute atomic E-state index is 0.758. The first kappa shape index (κ1) is 6.76. The fourth-order valence-electron chi connectivity index (χ4n) is 1.15. The summed E-state index contributed by atoms with van der Waals surface area (Å²) in [6.07, 6.45) is 7.84. The van der Waals surface area contributed by atoms with Crippen LogP contribution in [0.3, 0.4) is 0 Å². The summed E-state index contributed by atoms with van der Waals surface area (Å²) in [4.78, 5) is 2.04. The Kier molecular flexibility index (Phi) is 1.41. The molecule has 2 rings (SSSR count). The van der Waals surface area contributed by atoms with Crippen LogP contribution in [0.5, 0.6) is 0 Å². The van der Waals surface area contributed by atoms with E-state index in [-0.39, 0.29) is 0 Å². The SMILES string of the molecule is CN1C=CN2[NH2+]C(Cl)=CC=C12. The van der Waals surface area contributed by atoms with Gasteiger partial charge < -0.3 is 4.90 Å². The molecule has 2 heterocycles. The second-order valence-electron chi connectivity index (χ2n) is 2.52. The summed E-state index contributed by atoms with van der Waals surface area (Å²) in [7, 11) is 2.00. The number of nitrogens with zero attached hydrogens (tertiary/aromatic N) is 2. The van der Waals surface area contributed by atoms with Crippen molar-refractivity contribution in [3.05, 3.63) is 35.5 Å². The highest BCUT2D eigenvalue weighted by Gasteiger charge is 2.22. The summed E-state index contributed by atoms with van der Waals surface area (Å²) in [5.74, 6) is 1.13. The number of rotatable bonds is 0. The average molecular weight is 171 g/mol.